The van der Waals surface area contributed by atoms with E-state index in [9.17, 15) is 9.59 Å². The fourth-order valence-corrected chi connectivity index (χ4v) is 4.08. The Morgan fingerprint density at radius 2 is 0.397 bits per heavy atom. The smallest absolute Gasteiger partial charge is 0.305 e. The monoisotopic (exact) mass is 850 g/mol. The minimum atomic E-state index is -0.338. The average molecular weight is 851 g/mol. The van der Waals surface area contributed by atoms with Crippen molar-refractivity contribution in [3.8, 4) is 0 Å². The lowest BCUT2D eigenvalue weighted by Crippen LogP contribution is -2.15. The van der Waals surface area contributed by atoms with E-state index in [1.54, 1.807) is 0 Å². The molecule has 0 saturated carbocycles. The summed E-state index contributed by atoms with van der Waals surface area (Å²) in [4.78, 5) is 23.8. The van der Waals surface area contributed by atoms with Crippen LogP contribution in [0.1, 0.15) is 25.7 Å². The minimum Gasteiger partial charge on any atom is -0.463 e. The van der Waals surface area contributed by atoms with Gasteiger partial charge in [0.2, 0.25) is 0 Å². The maximum absolute atomic E-state index is 11.9. The molecule has 0 unspecified atom stereocenters. The van der Waals surface area contributed by atoms with Gasteiger partial charge in [-0.05, 0) is 12.8 Å². The number of aliphatic hydroxyl groups excluding tert-OH is 2. The first-order valence-electron chi connectivity index (χ1n) is 20.3. The van der Waals surface area contributed by atoms with Gasteiger partial charge >= 0.3 is 11.9 Å². The van der Waals surface area contributed by atoms with E-state index in [4.69, 9.17) is 86.0 Å². The van der Waals surface area contributed by atoms with Gasteiger partial charge < -0.3 is 86.0 Å². The van der Waals surface area contributed by atoms with E-state index in [0.717, 1.165) is 0 Å². The highest BCUT2D eigenvalue weighted by atomic mass is 16.6. The van der Waals surface area contributed by atoms with Crippen molar-refractivity contribution in [1.82, 2.24) is 0 Å². The van der Waals surface area contributed by atoms with E-state index in [0.29, 0.717) is 185 Å². The Balaban J connectivity index is 3.23. The third kappa shape index (κ3) is 50.4. The molecule has 0 fully saturated rings. The Morgan fingerprint density at radius 3 is 0.569 bits per heavy atom. The summed E-state index contributed by atoms with van der Waals surface area (Å²) in [5, 5.41) is 17.2. The number of hydrogen-bond acceptors (Lipinski definition) is 20. The van der Waals surface area contributed by atoms with Crippen molar-refractivity contribution in [2.45, 2.75) is 25.7 Å². The van der Waals surface area contributed by atoms with E-state index in [1.807, 2.05) is 0 Å². The molecule has 0 rings (SSSR count). The van der Waals surface area contributed by atoms with Crippen molar-refractivity contribution in [3.63, 3.8) is 0 Å². The van der Waals surface area contributed by atoms with Crippen LogP contribution in [0.15, 0.2) is 0 Å². The summed E-state index contributed by atoms with van der Waals surface area (Å²) >= 11 is 0. The fraction of sp³-hybridized carbons (Fsp3) is 0.947. The van der Waals surface area contributed by atoms with E-state index in [2.05, 4.69) is 0 Å². The number of ether oxygens (including phenoxy) is 16. The van der Waals surface area contributed by atoms with Crippen LogP contribution < -0.4 is 0 Å². The second kappa shape index (κ2) is 51.4. The normalized spacial score (nSPS) is 11.4. The summed E-state index contributed by atoms with van der Waals surface area (Å²) in [6, 6.07) is 0. The quantitative estimate of drug-likeness (QED) is 0.0600. The zero-order valence-corrected chi connectivity index (χ0v) is 34.7. The second-order valence-electron chi connectivity index (χ2n) is 11.7. The van der Waals surface area contributed by atoms with Crippen molar-refractivity contribution >= 4 is 11.9 Å². The number of unbranched alkanes of at least 4 members (excludes halogenated alkanes) is 1. The van der Waals surface area contributed by atoms with Crippen LogP contribution in [0.4, 0.5) is 0 Å². The summed E-state index contributed by atoms with van der Waals surface area (Å²) in [6.07, 6.45) is 1.48. The van der Waals surface area contributed by atoms with Gasteiger partial charge in [-0.25, -0.2) is 0 Å². The standard InChI is InChI=1S/C38H74O20/c39-5-7-43-9-11-45-13-15-47-17-19-49-21-23-51-25-27-53-29-31-55-33-35-57-37(41)3-1-2-4-38(42)58-36-34-56-32-30-54-28-26-52-24-22-50-20-18-48-16-14-46-12-10-44-8-6-40/h39-40H,1-36H2. The molecule has 0 aromatic rings. The summed E-state index contributed by atoms with van der Waals surface area (Å²) < 4.78 is 85.3. The van der Waals surface area contributed by atoms with Crippen molar-refractivity contribution in [2.75, 3.05) is 211 Å². The first kappa shape index (κ1) is 56.3. The number of carbonyl (C=O) groups excluding carboxylic acids is 2. The molecule has 0 aliphatic heterocycles. The van der Waals surface area contributed by atoms with Crippen LogP contribution in [0, 0.1) is 0 Å². The molecule has 58 heavy (non-hydrogen) atoms. The van der Waals surface area contributed by atoms with Gasteiger partial charge in [0.05, 0.1) is 198 Å². The summed E-state index contributed by atoms with van der Waals surface area (Å²) in [6.45, 7) is 12.3. The third-order valence-electron chi connectivity index (χ3n) is 6.93. The van der Waals surface area contributed by atoms with Gasteiger partial charge in [0.1, 0.15) is 13.2 Å². The molecule has 2 N–H and O–H groups in total. The molecular weight excluding hydrogens is 776 g/mol. The van der Waals surface area contributed by atoms with E-state index >= 15 is 0 Å². The lowest BCUT2D eigenvalue weighted by molar-refractivity contribution is -0.147. The van der Waals surface area contributed by atoms with Gasteiger partial charge in [0.25, 0.3) is 0 Å². The predicted octanol–water partition coefficient (Wildman–Crippen LogP) is -0.150. The SMILES string of the molecule is O=C(CCCCC(=O)OCCOCCOCCOCCOCCOCCOCCOCCO)OCCOCCOCCOCCOCCOCCOCCOCCO. The van der Waals surface area contributed by atoms with Gasteiger partial charge in [-0.3, -0.25) is 9.59 Å². The molecule has 0 radical (unpaired) electrons. The zero-order valence-electron chi connectivity index (χ0n) is 34.7. The molecule has 0 saturated heterocycles. The Bertz CT molecular complexity index is 750. The lowest BCUT2D eigenvalue weighted by atomic mass is 10.2. The first-order chi connectivity index (χ1) is 28.7. The molecule has 0 heterocycles. The maximum Gasteiger partial charge on any atom is 0.305 e. The van der Waals surface area contributed by atoms with Crippen molar-refractivity contribution in [2.24, 2.45) is 0 Å². The predicted molar refractivity (Wildman–Crippen MR) is 206 cm³/mol. The van der Waals surface area contributed by atoms with Crippen molar-refractivity contribution < 1.29 is 95.6 Å². The molecule has 0 aromatic heterocycles. The second-order valence-corrected chi connectivity index (χ2v) is 11.7. The highest BCUT2D eigenvalue weighted by Gasteiger charge is 2.07. The topological polar surface area (TPSA) is 222 Å². The number of rotatable bonds is 51. The van der Waals surface area contributed by atoms with Crippen LogP contribution in [-0.4, -0.2) is 234 Å². The van der Waals surface area contributed by atoms with Gasteiger partial charge in [0, 0.05) is 12.8 Å². The highest BCUT2D eigenvalue weighted by Crippen LogP contribution is 2.03. The molecule has 0 aromatic carbocycles. The lowest BCUT2D eigenvalue weighted by Gasteiger charge is -2.09. The molecule has 0 amide bonds. The van der Waals surface area contributed by atoms with Gasteiger partial charge in [-0.15, -0.1) is 0 Å². The van der Waals surface area contributed by atoms with Crippen LogP contribution in [0.3, 0.4) is 0 Å². The molecule has 20 nitrogen and oxygen atoms in total. The molecule has 346 valence electrons. The van der Waals surface area contributed by atoms with Gasteiger partial charge in [-0.2, -0.15) is 0 Å². The van der Waals surface area contributed by atoms with E-state index < -0.39 is 0 Å². The number of carbonyl (C=O) groups is 2. The summed E-state index contributed by atoms with van der Waals surface area (Å²) in [5.74, 6) is -0.675. The summed E-state index contributed by atoms with van der Waals surface area (Å²) in [5.41, 5.74) is 0. The van der Waals surface area contributed by atoms with Crippen molar-refractivity contribution in [3.05, 3.63) is 0 Å². The average Bonchev–Trinajstić information content (AvgIpc) is 3.23. The number of esters is 2. The van der Waals surface area contributed by atoms with Crippen LogP contribution >= 0.6 is 0 Å². The van der Waals surface area contributed by atoms with Crippen LogP contribution in [0.2, 0.25) is 0 Å². The molecular formula is C38H74O20. The Labute approximate surface area is 344 Å². The minimum absolute atomic E-state index is 0.00965. The van der Waals surface area contributed by atoms with Crippen LogP contribution in [0.25, 0.3) is 0 Å². The van der Waals surface area contributed by atoms with Crippen molar-refractivity contribution in [1.29, 1.82) is 0 Å². The molecule has 0 bridgehead atoms. The Hall–Kier alpha value is -1.70. The first-order valence-corrected chi connectivity index (χ1v) is 20.3. The largest absolute Gasteiger partial charge is 0.463 e. The molecule has 0 spiro atoms. The maximum atomic E-state index is 11.9. The van der Waals surface area contributed by atoms with Gasteiger partial charge in [0.15, 0.2) is 0 Å². The Kier molecular flexibility index (Phi) is 49.9. The molecule has 20 heteroatoms. The summed E-state index contributed by atoms with van der Waals surface area (Å²) in [7, 11) is 0. The molecule has 0 atom stereocenters. The fourth-order valence-electron chi connectivity index (χ4n) is 4.08. The molecule has 0 aliphatic carbocycles. The van der Waals surface area contributed by atoms with Gasteiger partial charge in [-0.1, -0.05) is 0 Å². The number of aliphatic hydroxyl groups is 2. The molecule has 0 aliphatic rings. The van der Waals surface area contributed by atoms with Crippen LogP contribution in [0.5, 0.6) is 0 Å². The van der Waals surface area contributed by atoms with E-state index in [-0.39, 0.29) is 64.4 Å². The third-order valence-corrected chi connectivity index (χ3v) is 6.93. The number of hydrogen-bond donors (Lipinski definition) is 2. The van der Waals surface area contributed by atoms with E-state index in [1.165, 1.54) is 0 Å². The Morgan fingerprint density at radius 1 is 0.241 bits per heavy atom. The highest BCUT2D eigenvalue weighted by molar-refractivity contribution is 5.70. The zero-order chi connectivity index (χ0) is 41.9. The van der Waals surface area contributed by atoms with Crippen LogP contribution in [-0.2, 0) is 85.4 Å².